The number of hydrogen-bond acceptors (Lipinski definition) is 6. The third kappa shape index (κ3) is 5.50. The largest absolute Gasteiger partial charge is 0.357 e. The standard InChI is InChI=1S/C23H33N5OS/c1-5-12-28-13-10-23(16-24,11-14-28)26-21(29)18(15-22(2,3)4)25-20-17-8-6-7-9-19(17)30-27-20/h6-9,18H,5,10-15H2,1-4H3,(H,25,27)(H,26,29). The Morgan fingerprint density at radius 1 is 1.33 bits per heavy atom. The van der Waals surface area contributed by atoms with Crippen molar-refractivity contribution >= 4 is 33.3 Å². The molecule has 1 amide bonds. The van der Waals surface area contributed by atoms with E-state index >= 15 is 0 Å². The molecule has 1 aliphatic heterocycles. The lowest BCUT2D eigenvalue weighted by molar-refractivity contribution is -0.124. The van der Waals surface area contributed by atoms with Gasteiger partial charge in [-0.15, -0.1) is 0 Å². The monoisotopic (exact) mass is 427 g/mol. The molecule has 1 fully saturated rings. The molecule has 1 atom stereocenters. The number of likely N-dealkylation sites (tertiary alicyclic amines) is 1. The predicted octanol–water partition coefficient (Wildman–Crippen LogP) is 4.40. The van der Waals surface area contributed by atoms with Crippen LogP contribution in [-0.4, -0.2) is 46.4 Å². The van der Waals surface area contributed by atoms with Gasteiger partial charge in [0, 0.05) is 18.5 Å². The van der Waals surface area contributed by atoms with E-state index in [1.807, 2.05) is 24.3 Å². The highest BCUT2D eigenvalue weighted by atomic mass is 32.1. The van der Waals surface area contributed by atoms with Gasteiger partial charge in [-0.25, -0.2) is 0 Å². The second-order valence-corrected chi connectivity index (χ2v) is 10.3. The van der Waals surface area contributed by atoms with Crippen molar-refractivity contribution in [3.8, 4) is 6.07 Å². The molecule has 1 aromatic carbocycles. The van der Waals surface area contributed by atoms with Gasteiger partial charge in [-0.05, 0) is 61.3 Å². The molecule has 162 valence electrons. The maximum Gasteiger partial charge on any atom is 0.243 e. The van der Waals surface area contributed by atoms with Gasteiger partial charge in [0.1, 0.15) is 17.4 Å². The number of amides is 1. The van der Waals surface area contributed by atoms with E-state index in [9.17, 15) is 10.1 Å². The van der Waals surface area contributed by atoms with Crippen molar-refractivity contribution in [1.82, 2.24) is 14.6 Å². The van der Waals surface area contributed by atoms with Crippen molar-refractivity contribution in [3.63, 3.8) is 0 Å². The van der Waals surface area contributed by atoms with E-state index in [2.05, 4.69) is 53.7 Å². The first kappa shape index (κ1) is 22.5. The fourth-order valence-electron chi connectivity index (χ4n) is 4.04. The summed E-state index contributed by atoms with van der Waals surface area (Å²) in [6, 6.07) is 10.00. The zero-order chi connectivity index (χ0) is 21.8. The zero-order valence-corrected chi connectivity index (χ0v) is 19.3. The molecule has 1 saturated heterocycles. The van der Waals surface area contributed by atoms with Crippen LogP contribution < -0.4 is 10.6 Å². The highest BCUT2D eigenvalue weighted by Crippen LogP contribution is 2.30. The molecule has 0 spiro atoms. The summed E-state index contributed by atoms with van der Waals surface area (Å²) in [6.07, 6.45) is 3.08. The number of aromatic nitrogens is 1. The lowest BCUT2D eigenvalue weighted by Gasteiger charge is -2.38. The van der Waals surface area contributed by atoms with Crippen molar-refractivity contribution in [3.05, 3.63) is 24.3 Å². The molecule has 0 aliphatic carbocycles. The summed E-state index contributed by atoms with van der Waals surface area (Å²) in [5.41, 5.74) is -0.839. The van der Waals surface area contributed by atoms with Crippen molar-refractivity contribution < 1.29 is 4.79 Å². The second kappa shape index (κ2) is 9.32. The first-order chi connectivity index (χ1) is 14.3. The molecule has 1 unspecified atom stereocenters. The average Bonchev–Trinajstić information content (AvgIpc) is 3.11. The highest BCUT2D eigenvalue weighted by molar-refractivity contribution is 7.13. The molecule has 30 heavy (non-hydrogen) atoms. The quantitative estimate of drug-likeness (QED) is 0.685. The van der Waals surface area contributed by atoms with Crippen LogP contribution in [0.15, 0.2) is 24.3 Å². The van der Waals surface area contributed by atoms with Crippen LogP contribution in [-0.2, 0) is 4.79 Å². The summed E-state index contributed by atoms with van der Waals surface area (Å²) in [4.78, 5) is 15.7. The Balaban J connectivity index is 1.76. The van der Waals surface area contributed by atoms with E-state index in [4.69, 9.17) is 0 Å². The fraction of sp³-hybridized carbons (Fsp3) is 0.609. The average molecular weight is 428 g/mol. The Hall–Kier alpha value is -2.17. The number of carbonyl (C=O) groups excluding carboxylic acids is 1. The number of benzene rings is 1. The number of piperidine rings is 1. The summed E-state index contributed by atoms with van der Waals surface area (Å²) in [6.45, 7) is 11.3. The van der Waals surface area contributed by atoms with Gasteiger partial charge < -0.3 is 15.5 Å². The lowest BCUT2D eigenvalue weighted by Crippen LogP contribution is -2.57. The summed E-state index contributed by atoms with van der Waals surface area (Å²) in [5.74, 6) is 0.622. The van der Waals surface area contributed by atoms with Gasteiger partial charge in [0.25, 0.3) is 0 Å². The van der Waals surface area contributed by atoms with Gasteiger partial charge in [-0.1, -0.05) is 39.8 Å². The molecule has 0 bridgehead atoms. The first-order valence-electron chi connectivity index (χ1n) is 10.8. The number of nitrogens with zero attached hydrogens (tertiary/aromatic N) is 3. The van der Waals surface area contributed by atoms with Crippen LogP contribution in [0.5, 0.6) is 0 Å². The van der Waals surface area contributed by atoms with E-state index in [1.54, 1.807) is 0 Å². The first-order valence-corrected chi connectivity index (χ1v) is 11.6. The molecule has 2 aromatic rings. The fourth-order valence-corrected chi connectivity index (χ4v) is 4.78. The second-order valence-electron chi connectivity index (χ2n) is 9.51. The maximum atomic E-state index is 13.4. The van der Waals surface area contributed by atoms with E-state index in [0.717, 1.165) is 42.0 Å². The summed E-state index contributed by atoms with van der Waals surface area (Å²) < 4.78 is 5.63. The normalized spacial score (nSPS) is 18.0. The van der Waals surface area contributed by atoms with Crippen LogP contribution in [0.2, 0.25) is 0 Å². The number of nitrogens with one attached hydrogen (secondary N) is 2. The molecule has 6 nitrogen and oxygen atoms in total. The molecule has 2 heterocycles. The number of anilines is 1. The summed E-state index contributed by atoms with van der Waals surface area (Å²) >= 11 is 1.43. The molecule has 0 radical (unpaired) electrons. The molecular weight excluding hydrogens is 394 g/mol. The molecule has 1 aliphatic rings. The minimum absolute atomic E-state index is 0.0505. The molecule has 3 rings (SSSR count). The van der Waals surface area contributed by atoms with E-state index in [1.165, 1.54) is 11.5 Å². The van der Waals surface area contributed by atoms with Crippen LogP contribution in [0, 0.1) is 16.7 Å². The number of carbonyl (C=O) groups is 1. The summed E-state index contributed by atoms with van der Waals surface area (Å²) in [5, 5.41) is 17.4. The van der Waals surface area contributed by atoms with Gasteiger partial charge in [0.15, 0.2) is 0 Å². The zero-order valence-electron chi connectivity index (χ0n) is 18.5. The lowest BCUT2D eigenvalue weighted by atomic mass is 9.85. The predicted molar refractivity (Wildman–Crippen MR) is 124 cm³/mol. The Bertz CT molecular complexity index is 902. The van der Waals surface area contributed by atoms with Crippen LogP contribution in [0.4, 0.5) is 5.82 Å². The van der Waals surface area contributed by atoms with Crippen LogP contribution >= 0.6 is 11.5 Å². The third-order valence-electron chi connectivity index (χ3n) is 5.65. The van der Waals surface area contributed by atoms with E-state index < -0.39 is 11.6 Å². The SMILES string of the molecule is CCCN1CCC(C#N)(NC(=O)C(CC(C)(C)C)Nc2nsc3ccccc23)CC1. The van der Waals surface area contributed by atoms with E-state index in [0.29, 0.717) is 19.3 Å². The van der Waals surface area contributed by atoms with Crippen LogP contribution in [0.1, 0.15) is 53.4 Å². The smallest absolute Gasteiger partial charge is 0.243 e. The van der Waals surface area contributed by atoms with Gasteiger partial charge in [0.05, 0.1) is 10.8 Å². The molecule has 2 N–H and O–H groups in total. The van der Waals surface area contributed by atoms with Crippen molar-refractivity contribution in [2.45, 2.75) is 65.0 Å². The number of rotatable bonds is 7. The maximum absolute atomic E-state index is 13.4. The minimum atomic E-state index is -0.788. The Labute approximate surface area is 183 Å². The van der Waals surface area contributed by atoms with Crippen LogP contribution in [0.25, 0.3) is 10.1 Å². The van der Waals surface area contributed by atoms with Gasteiger partial charge in [-0.2, -0.15) is 9.64 Å². The Morgan fingerprint density at radius 2 is 2.03 bits per heavy atom. The molecule has 1 aromatic heterocycles. The van der Waals surface area contributed by atoms with Crippen molar-refractivity contribution in [2.75, 3.05) is 25.0 Å². The highest BCUT2D eigenvalue weighted by Gasteiger charge is 2.38. The topological polar surface area (TPSA) is 81.0 Å². The van der Waals surface area contributed by atoms with Crippen LogP contribution in [0.3, 0.4) is 0 Å². The molecular formula is C23H33N5OS. The minimum Gasteiger partial charge on any atom is -0.357 e. The van der Waals surface area contributed by atoms with Gasteiger partial charge in [0.2, 0.25) is 5.91 Å². The summed E-state index contributed by atoms with van der Waals surface area (Å²) in [7, 11) is 0. The van der Waals surface area contributed by atoms with E-state index in [-0.39, 0.29) is 11.3 Å². The number of hydrogen-bond donors (Lipinski definition) is 2. The Morgan fingerprint density at radius 3 is 2.67 bits per heavy atom. The van der Waals surface area contributed by atoms with Gasteiger partial charge >= 0.3 is 0 Å². The number of fused-ring (bicyclic) bond motifs is 1. The number of nitriles is 1. The third-order valence-corrected chi connectivity index (χ3v) is 6.47. The molecule has 0 saturated carbocycles. The van der Waals surface area contributed by atoms with Gasteiger partial charge in [-0.3, -0.25) is 4.79 Å². The van der Waals surface area contributed by atoms with Crippen molar-refractivity contribution in [2.24, 2.45) is 5.41 Å². The molecule has 7 heteroatoms. The Kier molecular flexibility index (Phi) is 6.99. The van der Waals surface area contributed by atoms with Crippen molar-refractivity contribution in [1.29, 1.82) is 5.26 Å².